The fraction of sp³-hybridized carbons (Fsp3) is 0.583. The van der Waals surface area contributed by atoms with Crippen molar-refractivity contribution in [1.82, 2.24) is 20.4 Å². The second-order valence-corrected chi connectivity index (χ2v) is 11.5. The van der Waals surface area contributed by atoms with E-state index >= 15 is 0 Å². The molecule has 0 radical (unpaired) electrons. The monoisotopic (exact) mass is 503 g/mol. The molecule has 190 valence electrons. The van der Waals surface area contributed by atoms with Gasteiger partial charge in [0, 0.05) is 33.1 Å². The molecule has 1 aliphatic heterocycles. The third kappa shape index (κ3) is 7.02. The summed E-state index contributed by atoms with van der Waals surface area (Å²) in [7, 11) is -1.63. The van der Waals surface area contributed by atoms with Crippen LogP contribution in [0.5, 0.6) is 0 Å². The van der Waals surface area contributed by atoms with Gasteiger partial charge in [0.05, 0.1) is 35.4 Å². The summed E-state index contributed by atoms with van der Waals surface area (Å²) in [5, 5.41) is 13.8. The molecule has 2 bridgehead atoms. The molecule has 2 unspecified atom stereocenters. The first-order valence-corrected chi connectivity index (χ1v) is 13.5. The summed E-state index contributed by atoms with van der Waals surface area (Å²) in [5.74, 6) is -0.203. The van der Waals surface area contributed by atoms with E-state index in [1.807, 2.05) is 6.07 Å². The van der Waals surface area contributed by atoms with Gasteiger partial charge >= 0.3 is 0 Å². The van der Waals surface area contributed by atoms with Crippen molar-refractivity contribution in [3.8, 4) is 6.07 Å². The van der Waals surface area contributed by atoms with E-state index in [-0.39, 0.29) is 41.6 Å². The SMILES string of the molecule is CC(=O)NCC(=O)NCC(=O)N(C)C1C2CCC1CN(CCCS(=O)(=O)c1ccc(C#N)cc1)C2. The fourth-order valence-corrected chi connectivity index (χ4v) is 6.47. The van der Waals surface area contributed by atoms with Crippen molar-refractivity contribution in [2.24, 2.45) is 11.8 Å². The molecule has 1 aliphatic carbocycles. The summed E-state index contributed by atoms with van der Waals surface area (Å²) in [4.78, 5) is 39.6. The molecule has 2 fully saturated rings. The lowest BCUT2D eigenvalue weighted by Gasteiger charge is -2.42. The molecule has 1 heterocycles. The second-order valence-electron chi connectivity index (χ2n) is 9.35. The highest BCUT2D eigenvalue weighted by molar-refractivity contribution is 7.91. The van der Waals surface area contributed by atoms with E-state index in [9.17, 15) is 22.8 Å². The molecule has 2 atom stereocenters. The average molecular weight is 504 g/mol. The van der Waals surface area contributed by atoms with Crippen LogP contribution < -0.4 is 10.6 Å². The Hall–Kier alpha value is -2.97. The number of likely N-dealkylation sites (N-methyl/N-ethyl adjacent to an activating group) is 1. The lowest BCUT2D eigenvalue weighted by molar-refractivity contribution is -0.135. The van der Waals surface area contributed by atoms with Crippen molar-refractivity contribution in [2.45, 2.75) is 37.1 Å². The topological polar surface area (TPSA) is 140 Å². The molecule has 1 saturated heterocycles. The van der Waals surface area contributed by atoms with Gasteiger partial charge in [-0.1, -0.05) is 0 Å². The Morgan fingerprint density at radius 2 is 1.71 bits per heavy atom. The lowest BCUT2D eigenvalue weighted by atomic mass is 9.90. The minimum atomic E-state index is -3.40. The van der Waals surface area contributed by atoms with Gasteiger partial charge in [-0.3, -0.25) is 14.4 Å². The Morgan fingerprint density at radius 3 is 2.29 bits per heavy atom. The van der Waals surface area contributed by atoms with Gasteiger partial charge < -0.3 is 20.4 Å². The molecule has 11 heteroatoms. The number of likely N-dealkylation sites (tertiary alicyclic amines) is 1. The molecule has 1 saturated carbocycles. The number of amides is 3. The second kappa shape index (κ2) is 11.6. The van der Waals surface area contributed by atoms with Gasteiger partial charge in [0.15, 0.2) is 9.84 Å². The third-order valence-electron chi connectivity index (χ3n) is 6.86. The first-order chi connectivity index (χ1) is 16.6. The van der Waals surface area contributed by atoms with Gasteiger partial charge in [-0.2, -0.15) is 5.26 Å². The number of fused-ring (bicyclic) bond motifs is 2. The molecule has 2 aliphatic rings. The third-order valence-corrected chi connectivity index (χ3v) is 8.68. The largest absolute Gasteiger partial charge is 0.347 e. The summed E-state index contributed by atoms with van der Waals surface area (Å²) >= 11 is 0. The molecule has 2 N–H and O–H groups in total. The summed E-state index contributed by atoms with van der Waals surface area (Å²) in [5.41, 5.74) is 0.429. The maximum atomic E-state index is 12.7. The van der Waals surface area contributed by atoms with Crippen LogP contribution in [0.4, 0.5) is 0 Å². The molecule has 3 rings (SSSR count). The quantitative estimate of drug-likeness (QED) is 0.463. The van der Waals surface area contributed by atoms with Crippen LogP contribution in [0.15, 0.2) is 29.2 Å². The number of carbonyl (C=O) groups is 3. The van der Waals surface area contributed by atoms with Gasteiger partial charge in [-0.15, -0.1) is 0 Å². The van der Waals surface area contributed by atoms with Crippen molar-refractivity contribution < 1.29 is 22.8 Å². The van der Waals surface area contributed by atoms with Crippen LogP contribution in [-0.4, -0.2) is 87.5 Å². The highest BCUT2D eigenvalue weighted by Crippen LogP contribution is 2.39. The summed E-state index contributed by atoms with van der Waals surface area (Å²) in [6.45, 7) is 3.35. The highest BCUT2D eigenvalue weighted by atomic mass is 32.2. The Balaban J connectivity index is 1.46. The molecule has 35 heavy (non-hydrogen) atoms. The average Bonchev–Trinajstić information content (AvgIpc) is 3.10. The number of sulfone groups is 1. The molecule has 3 amide bonds. The van der Waals surface area contributed by atoms with E-state index in [1.165, 1.54) is 31.2 Å². The number of benzene rings is 1. The van der Waals surface area contributed by atoms with E-state index < -0.39 is 15.7 Å². The zero-order valence-corrected chi connectivity index (χ0v) is 21.0. The number of nitriles is 1. The van der Waals surface area contributed by atoms with Gasteiger partial charge in [0.2, 0.25) is 17.7 Å². The van der Waals surface area contributed by atoms with Gasteiger partial charge in [0.25, 0.3) is 0 Å². The van der Waals surface area contributed by atoms with Crippen molar-refractivity contribution in [3.63, 3.8) is 0 Å². The normalized spacial score (nSPS) is 21.7. The number of rotatable bonds is 10. The van der Waals surface area contributed by atoms with E-state index in [1.54, 1.807) is 11.9 Å². The van der Waals surface area contributed by atoms with Gasteiger partial charge in [-0.05, 0) is 61.9 Å². The lowest BCUT2D eigenvalue weighted by Crippen LogP contribution is -2.55. The predicted octanol–water partition coefficient (Wildman–Crippen LogP) is 0.143. The van der Waals surface area contributed by atoms with Crippen LogP contribution >= 0.6 is 0 Å². The van der Waals surface area contributed by atoms with E-state index in [0.717, 1.165) is 25.9 Å². The van der Waals surface area contributed by atoms with Crippen LogP contribution in [0.2, 0.25) is 0 Å². The Labute approximate surface area is 206 Å². The number of piperidine rings is 1. The van der Waals surface area contributed by atoms with E-state index in [4.69, 9.17) is 5.26 Å². The van der Waals surface area contributed by atoms with Crippen molar-refractivity contribution in [3.05, 3.63) is 29.8 Å². The fourth-order valence-electron chi connectivity index (χ4n) is 5.17. The van der Waals surface area contributed by atoms with Crippen molar-refractivity contribution >= 4 is 27.6 Å². The summed E-state index contributed by atoms with van der Waals surface area (Å²) in [6, 6.07) is 8.08. The van der Waals surface area contributed by atoms with Crippen LogP contribution in [0.1, 0.15) is 31.7 Å². The smallest absolute Gasteiger partial charge is 0.241 e. The van der Waals surface area contributed by atoms with E-state index in [0.29, 0.717) is 30.4 Å². The minimum Gasteiger partial charge on any atom is -0.347 e. The molecule has 0 spiro atoms. The molecule has 1 aromatic carbocycles. The van der Waals surface area contributed by atoms with Gasteiger partial charge in [-0.25, -0.2) is 8.42 Å². The van der Waals surface area contributed by atoms with Crippen LogP contribution in [0, 0.1) is 23.2 Å². The molecule has 1 aromatic rings. The maximum absolute atomic E-state index is 12.7. The number of nitrogens with one attached hydrogen (secondary N) is 2. The number of carbonyl (C=O) groups excluding carboxylic acids is 3. The first kappa shape index (κ1) is 26.6. The zero-order valence-electron chi connectivity index (χ0n) is 20.2. The Morgan fingerprint density at radius 1 is 1.09 bits per heavy atom. The van der Waals surface area contributed by atoms with Crippen LogP contribution in [0.25, 0.3) is 0 Å². The number of hydrogen-bond acceptors (Lipinski definition) is 7. The Kier molecular flexibility index (Phi) is 8.86. The highest BCUT2D eigenvalue weighted by Gasteiger charge is 2.44. The minimum absolute atomic E-state index is 0.0464. The molecular weight excluding hydrogens is 470 g/mol. The number of nitrogens with zero attached hydrogens (tertiary/aromatic N) is 3. The first-order valence-electron chi connectivity index (χ1n) is 11.8. The van der Waals surface area contributed by atoms with Crippen molar-refractivity contribution in [2.75, 3.05) is 45.5 Å². The molecular formula is C24H33N5O5S. The van der Waals surface area contributed by atoms with Crippen LogP contribution in [-0.2, 0) is 24.2 Å². The van der Waals surface area contributed by atoms with E-state index in [2.05, 4.69) is 15.5 Å². The molecule has 10 nitrogen and oxygen atoms in total. The summed E-state index contributed by atoms with van der Waals surface area (Å²) in [6.07, 6.45) is 2.55. The predicted molar refractivity (Wildman–Crippen MR) is 129 cm³/mol. The van der Waals surface area contributed by atoms with Crippen LogP contribution in [0.3, 0.4) is 0 Å². The summed E-state index contributed by atoms with van der Waals surface area (Å²) < 4.78 is 25.2. The standard InChI is InChI=1S/C24H33N5O5S/c1-17(30)26-13-22(31)27-14-23(32)28(2)24-19-6-7-20(24)16-29(15-19)10-3-11-35(33,34)21-8-4-18(12-25)5-9-21/h4-5,8-9,19-20,24H,3,6-7,10-11,13-16H2,1-2H3,(H,26,30)(H,27,31). The van der Waals surface area contributed by atoms with Gasteiger partial charge in [0.1, 0.15) is 0 Å². The number of hydrogen-bond donors (Lipinski definition) is 2. The molecule has 0 aromatic heterocycles. The zero-order chi connectivity index (χ0) is 25.6. The maximum Gasteiger partial charge on any atom is 0.241 e. The Bertz CT molecular complexity index is 1070. The van der Waals surface area contributed by atoms with Crippen molar-refractivity contribution in [1.29, 1.82) is 5.26 Å².